The molecule has 2 aromatic carbocycles. The largest absolute Gasteiger partial charge is 0.508 e. The van der Waals surface area contributed by atoms with Gasteiger partial charge in [-0.05, 0) is 36.2 Å². The predicted molar refractivity (Wildman–Crippen MR) is 83.2 cm³/mol. The highest BCUT2D eigenvalue weighted by atomic mass is 35.5. The lowest BCUT2D eigenvalue weighted by molar-refractivity contribution is -0.115. The summed E-state index contributed by atoms with van der Waals surface area (Å²) in [5.74, 6) is 0.527. The first-order valence-corrected chi connectivity index (χ1v) is 6.79. The van der Waals surface area contributed by atoms with Gasteiger partial charge < -0.3 is 15.2 Å². The molecule has 0 heterocycles. The molecular formula is C16H16ClNO3. The molecule has 0 unspecified atom stereocenters. The number of benzene rings is 2. The van der Waals surface area contributed by atoms with Gasteiger partial charge in [-0.15, -0.1) is 0 Å². The number of aryl methyl sites for hydroxylation is 1. The van der Waals surface area contributed by atoms with Crippen LogP contribution in [0.5, 0.6) is 11.5 Å². The van der Waals surface area contributed by atoms with Crippen molar-refractivity contribution in [2.75, 3.05) is 12.4 Å². The van der Waals surface area contributed by atoms with Crippen LogP contribution in [0.15, 0.2) is 36.4 Å². The van der Waals surface area contributed by atoms with E-state index in [0.717, 1.165) is 11.1 Å². The Hall–Kier alpha value is -2.20. The molecule has 0 aliphatic carbocycles. The number of aromatic hydroxyl groups is 1. The van der Waals surface area contributed by atoms with Crippen LogP contribution in [0.1, 0.15) is 11.1 Å². The molecule has 0 aliphatic rings. The molecule has 0 bridgehead atoms. The molecule has 2 N–H and O–H groups in total. The minimum absolute atomic E-state index is 0.166. The van der Waals surface area contributed by atoms with E-state index in [0.29, 0.717) is 16.5 Å². The lowest BCUT2D eigenvalue weighted by atomic mass is 10.1. The molecule has 21 heavy (non-hydrogen) atoms. The maximum absolute atomic E-state index is 12.1. The fourth-order valence-corrected chi connectivity index (χ4v) is 2.08. The van der Waals surface area contributed by atoms with Gasteiger partial charge in [-0.2, -0.15) is 0 Å². The van der Waals surface area contributed by atoms with Gasteiger partial charge in [-0.3, -0.25) is 4.79 Å². The summed E-state index contributed by atoms with van der Waals surface area (Å²) < 4.78 is 5.22. The van der Waals surface area contributed by atoms with Crippen molar-refractivity contribution in [1.29, 1.82) is 0 Å². The van der Waals surface area contributed by atoms with Gasteiger partial charge in [-0.25, -0.2) is 0 Å². The lowest BCUT2D eigenvalue weighted by Crippen LogP contribution is -2.15. The number of methoxy groups -OCH3 is 1. The molecule has 0 fully saturated rings. The van der Waals surface area contributed by atoms with Crippen molar-refractivity contribution in [3.05, 3.63) is 52.5 Å². The van der Waals surface area contributed by atoms with Crippen LogP contribution in [0.2, 0.25) is 5.02 Å². The number of hydrogen-bond acceptors (Lipinski definition) is 3. The van der Waals surface area contributed by atoms with Crippen LogP contribution in [-0.2, 0) is 11.2 Å². The highest BCUT2D eigenvalue weighted by Gasteiger charge is 2.11. The van der Waals surface area contributed by atoms with Crippen LogP contribution in [0.3, 0.4) is 0 Å². The summed E-state index contributed by atoms with van der Waals surface area (Å²) in [4.78, 5) is 12.1. The normalized spacial score (nSPS) is 10.2. The highest BCUT2D eigenvalue weighted by molar-refractivity contribution is 6.31. The van der Waals surface area contributed by atoms with E-state index in [9.17, 15) is 9.90 Å². The van der Waals surface area contributed by atoms with Crippen molar-refractivity contribution in [3.63, 3.8) is 0 Å². The number of carbonyl (C=O) groups is 1. The smallest absolute Gasteiger partial charge is 0.228 e. The molecular weight excluding hydrogens is 290 g/mol. The third-order valence-electron chi connectivity index (χ3n) is 3.06. The van der Waals surface area contributed by atoms with E-state index in [1.54, 1.807) is 36.4 Å². The summed E-state index contributed by atoms with van der Waals surface area (Å²) in [6.07, 6.45) is 0.213. The SMILES string of the molecule is COc1cc(Cl)c(C)cc1NC(=O)Cc1ccc(O)cc1. The van der Waals surface area contributed by atoms with E-state index in [-0.39, 0.29) is 18.1 Å². The second-order valence-corrected chi connectivity index (χ2v) is 5.10. The van der Waals surface area contributed by atoms with Gasteiger partial charge >= 0.3 is 0 Å². The van der Waals surface area contributed by atoms with Gasteiger partial charge in [-0.1, -0.05) is 23.7 Å². The van der Waals surface area contributed by atoms with Crippen LogP contribution in [0, 0.1) is 6.92 Å². The topological polar surface area (TPSA) is 58.6 Å². The average Bonchev–Trinajstić information content (AvgIpc) is 2.45. The van der Waals surface area contributed by atoms with E-state index in [4.69, 9.17) is 16.3 Å². The maximum atomic E-state index is 12.1. The predicted octanol–water partition coefficient (Wildman–Crippen LogP) is 3.54. The van der Waals surface area contributed by atoms with E-state index in [2.05, 4.69) is 5.32 Å². The molecule has 0 aromatic heterocycles. The molecule has 1 amide bonds. The molecule has 0 saturated carbocycles. The lowest BCUT2D eigenvalue weighted by Gasteiger charge is -2.12. The van der Waals surface area contributed by atoms with Crippen molar-refractivity contribution in [2.45, 2.75) is 13.3 Å². The number of hydrogen-bond donors (Lipinski definition) is 2. The van der Waals surface area contributed by atoms with E-state index in [1.807, 2.05) is 6.92 Å². The number of ether oxygens (including phenoxy) is 1. The molecule has 0 aliphatic heterocycles. The second kappa shape index (κ2) is 6.50. The Morgan fingerprint density at radius 3 is 2.57 bits per heavy atom. The van der Waals surface area contributed by atoms with E-state index >= 15 is 0 Å². The fraction of sp³-hybridized carbons (Fsp3) is 0.188. The average molecular weight is 306 g/mol. The zero-order chi connectivity index (χ0) is 15.4. The summed E-state index contributed by atoms with van der Waals surface area (Å²) in [7, 11) is 1.52. The molecule has 2 aromatic rings. The zero-order valence-electron chi connectivity index (χ0n) is 11.8. The van der Waals surface area contributed by atoms with Gasteiger partial charge in [0.15, 0.2) is 0 Å². The summed E-state index contributed by atoms with van der Waals surface area (Å²) in [5, 5.41) is 12.6. The molecule has 110 valence electrons. The number of carbonyl (C=O) groups excluding carboxylic acids is 1. The Labute approximate surface area is 128 Å². The minimum atomic E-state index is -0.166. The first kappa shape index (κ1) is 15.2. The van der Waals surface area contributed by atoms with Gasteiger partial charge in [0.1, 0.15) is 11.5 Å². The molecule has 4 nitrogen and oxygen atoms in total. The van der Waals surface area contributed by atoms with Crippen LogP contribution >= 0.6 is 11.6 Å². The van der Waals surface area contributed by atoms with Gasteiger partial charge in [0, 0.05) is 11.1 Å². The second-order valence-electron chi connectivity index (χ2n) is 4.69. The summed E-state index contributed by atoms with van der Waals surface area (Å²) in [6.45, 7) is 1.86. The Morgan fingerprint density at radius 2 is 1.95 bits per heavy atom. The van der Waals surface area contributed by atoms with Crippen molar-refractivity contribution in [1.82, 2.24) is 0 Å². The van der Waals surface area contributed by atoms with Crippen molar-refractivity contribution in [3.8, 4) is 11.5 Å². The zero-order valence-corrected chi connectivity index (χ0v) is 12.6. The Balaban J connectivity index is 2.12. The number of amides is 1. The molecule has 0 spiro atoms. The van der Waals surface area contributed by atoms with Gasteiger partial charge in [0.25, 0.3) is 0 Å². The van der Waals surface area contributed by atoms with Crippen molar-refractivity contribution < 1.29 is 14.6 Å². The number of halogens is 1. The standard InChI is InChI=1S/C16H16ClNO3/c1-10-7-14(15(21-2)9-13(10)17)18-16(20)8-11-3-5-12(19)6-4-11/h3-7,9,19H,8H2,1-2H3,(H,18,20). The monoisotopic (exact) mass is 305 g/mol. The maximum Gasteiger partial charge on any atom is 0.228 e. The number of nitrogens with one attached hydrogen (secondary N) is 1. The van der Waals surface area contributed by atoms with Gasteiger partial charge in [0.05, 0.1) is 19.2 Å². The summed E-state index contributed by atoms with van der Waals surface area (Å²) >= 11 is 6.03. The van der Waals surface area contributed by atoms with Crippen LogP contribution < -0.4 is 10.1 Å². The van der Waals surface area contributed by atoms with Crippen molar-refractivity contribution in [2.24, 2.45) is 0 Å². The summed E-state index contributed by atoms with van der Waals surface area (Å²) in [6, 6.07) is 9.97. The third kappa shape index (κ3) is 3.89. The Kier molecular flexibility index (Phi) is 4.70. The first-order chi connectivity index (χ1) is 9.99. The Morgan fingerprint density at radius 1 is 1.29 bits per heavy atom. The number of rotatable bonds is 4. The minimum Gasteiger partial charge on any atom is -0.508 e. The fourth-order valence-electron chi connectivity index (χ4n) is 1.92. The first-order valence-electron chi connectivity index (χ1n) is 6.41. The van der Waals surface area contributed by atoms with Crippen LogP contribution in [-0.4, -0.2) is 18.1 Å². The van der Waals surface area contributed by atoms with Crippen LogP contribution in [0.25, 0.3) is 0 Å². The van der Waals surface area contributed by atoms with E-state index < -0.39 is 0 Å². The number of phenolic OH excluding ortho intramolecular Hbond substituents is 1. The number of phenols is 1. The third-order valence-corrected chi connectivity index (χ3v) is 3.46. The quantitative estimate of drug-likeness (QED) is 0.908. The molecule has 2 rings (SSSR count). The van der Waals surface area contributed by atoms with Gasteiger partial charge in [0.2, 0.25) is 5.91 Å². The molecule has 0 saturated heterocycles. The molecule has 0 atom stereocenters. The van der Waals surface area contributed by atoms with Crippen LogP contribution in [0.4, 0.5) is 5.69 Å². The number of anilines is 1. The summed E-state index contributed by atoms with van der Waals surface area (Å²) in [5.41, 5.74) is 2.26. The molecule has 5 heteroatoms. The van der Waals surface area contributed by atoms with Crippen molar-refractivity contribution >= 4 is 23.2 Å². The Bertz CT molecular complexity index is 653. The molecule has 0 radical (unpaired) electrons. The highest BCUT2D eigenvalue weighted by Crippen LogP contribution is 2.31. The van der Waals surface area contributed by atoms with E-state index in [1.165, 1.54) is 7.11 Å².